The van der Waals surface area contributed by atoms with Crippen LogP contribution < -0.4 is 5.32 Å². The first kappa shape index (κ1) is 22.4. The first-order valence-corrected chi connectivity index (χ1v) is 12.9. The van der Waals surface area contributed by atoms with E-state index >= 15 is 0 Å². The van der Waals surface area contributed by atoms with Crippen LogP contribution in [0.4, 0.5) is 0 Å². The predicted octanol–water partition coefficient (Wildman–Crippen LogP) is 5.00. The maximum Gasteiger partial charge on any atom is 0.204 e. The van der Waals surface area contributed by atoms with E-state index in [1.165, 1.54) is 6.42 Å². The molecule has 1 spiro atoms. The highest BCUT2D eigenvalue weighted by Crippen LogP contribution is 2.52. The number of H-pyrrole nitrogens is 1. The number of imidazole rings is 1. The second kappa shape index (κ2) is 8.23. The standard InChI is InChI=1S/C29H31N3O3/c1-16(2)24-22(17-10-4-3-5-11-17)23(25(33)28-30-20-14-8-9-15-21(20)31-28)29(32-24)26(34)18-12-6-7-13-19(18)27(29)35/h6-9,12-17,22-24,32H,3-5,10-11H2,1-2H3,(H,30,31). The summed E-state index contributed by atoms with van der Waals surface area (Å²) in [5.41, 5.74) is 0.741. The van der Waals surface area contributed by atoms with Crippen molar-refractivity contribution >= 4 is 28.4 Å². The third-order valence-electron chi connectivity index (χ3n) is 8.61. The Bertz CT molecular complexity index is 1270. The highest BCUT2D eigenvalue weighted by Gasteiger charge is 2.68. The Kier molecular flexibility index (Phi) is 5.26. The number of carbonyl (C=O) groups excluding carboxylic acids is 3. The number of hydrogen-bond donors (Lipinski definition) is 2. The van der Waals surface area contributed by atoms with Gasteiger partial charge in [0.2, 0.25) is 5.78 Å². The van der Waals surface area contributed by atoms with Crippen LogP contribution >= 0.6 is 0 Å². The molecule has 3 aromatic rings. The van der Waals surface area contributed by atoms with Crippen molar-refractivity contribution in [1.82, 2.24) is 15.3 Å². The molecule has 3 atom stereocenters. The summed E-state index contributed by atoms with van der Waals surface area (Å²) in [5.74, 6) is -0.999. The molecule has 180 valence electrons. The van der Waals surface area contributed by atoms with E-state index in [2.05, 4.69) is 29.1 Å². The Morgan fingerprint density at radius 1 is 0.943 bits per heavy atom. The molecule has 0 radical (unpaired) electrons. The van der Waals surface area contributed by atoms with Crippen LogP contribution in [0.5, 0.6) is 0 Å². The van der Waals surface area contributed by atoms with Crippen molar-refractivity contribution in [2.24, 2.45) is 23.7 Å². The summed E-state index contributed by atoms with van der Waals surface area (Å²) in [6.07, 6.45) is 5.47. The van der Waals surface area contributed by atoms with Crippen LogP contribution in [0.15, 0.2) is 48.5 Å². The fourth-order valence-electron chi connectivity index (χ4n) is 7.05. The van der Waals surface area contributed by atoms with Gasteiger partial charge in [0.05, 0.1) is 17.0 Å². The normalized spacial score (nSPS) is 26.2. The summed E-state index contributed by atoms with van der Waals surface area (Å²) in [7, 11) is 0. The van der Waals surface area contributed by atoms with Crippen LogP contribution in [0.2, 0.25) is 0 Å². The first-order valence-electron chi connectivity index (χ1n) is 12.9. The van der Waals surface area contributed by atoms with Crippen LogP contribution in [0, 0.1) is 23.7 Å². The number of ketones is 3. The lowest BCUT2D eigenvalue weighted by Crippen LogP contribution is -2.58. The highest BCUT2D eigenvalue weighted by molar-refractivity contribution is 6.35. The van der Waals surface area contributed by atoms with Gasteiger partial charge in [-0.3, -0.25) is 19.7 Å². The molecular weight excluding hydrogens is 438 g/mol. The van der Waals surface area contributed by atoms with Gasteiger partial charge in [-0.05, 0) is 29.9 Å². The Hall–Kier alpha value is -3.12. The summed E-state index contributed by atoms with van der Waals surface area (Å²) >= 11 is 0. The van der Waals surface area contributed by atoms with Crippen molar-refractivity contribution in [2.75, 3.05) is 0 Å². The number of rotatable bonds is 4. The summed E-state index contributed by atoms with van der Waals surface area (Å²) in [6, 6.07) is 14.4. The number of fused-ring (bicyclic) bond motifs is 2. The smallest absolute Gasteiger partial charge is 0.204 e. The fraction of sp³-hybridized carbons (Fsp3) is 0.448. The number of para-hydroxylation sites is 2. The van der Waals surface area contributed by atoms with Crippen LogP contribution in [-0.4, -0.2) is 38.9 Å². The molecule has 6 heteroatoms. The number of Topliss-reactive ketones (excluding diaryl/α,β-unsaturated/α-hetero) is 3. The average Bonchev–Trinajstić information content (AvgIpc) is 3.53. The molecule has 2 fully saturated rings. The summed E-state index contributed by atoms with van der Waals surface area (Å²) in [5, 5.41) is 3.53. The number of benzene rings is 2. The number of nitrogens with one attached hydrogen (secondary N) is 2. The predicted molar refractivity (Wildman–Crippen MR) is 134 cm³/mol. The zero-order chi connectivity index (χ0) is 24.3. The van der Waals surface area contributed by atoms with Crippen LogP contribution in [0.1, 0.15) is 77.3 Å². The van der Waals surface area contributed by atoms with E-state index in [0.29, 0.717) is 16.6 Å². The SMILES string of the molecule is CC(C)C1NC2(C(=O)c3ccccc3C2=O)C(C(=O)c2nc3ccccc3[nH]2)C1C1CCCCC1. The van der Waals surface area contributed by atoms with Gasteiger partial charge in [0.15, 0.2) is 22.9 Å². The molecule has 1 aliphatic heterocycles. The van der Waals surface area contributed by atoms with Crippen molar-refractivity contribution in [2.45, 2.75) is 57.5 Å². The molecule has 0 amide bonds. The van der Waals surface area contributed by atoms with Crippen molar-refractivity contribution in [1.29, 1.82) is 0 Å². The molecule has 1 aromatic heterocycles. The largest absolute Gasteiger partial charge is 0.335 e. The van der Waals surface area contributed by atoms with E-state index in [4.69, 9.17) is 0 Å². The van der Waals surface area contributed by atoms with E-state index in [9.17, 15) is 14.4 Å². The van der Waals surface area contributed by atoms with Gasteiger partial charge in [0.25, 0.3) is 0 Å². The number of aromatic nitrogens is 2. The van der Waals surface area contributed by atoms with Gasteiger partial charge in [-0.2, -0.15) is 0 Å². The lowest BCUT2D eigenvalue weighted by Gasteiger charge is -2.36. The van der Waals surface area contributed by atoms with Crippen molar-refractivity contribution in [3.8, 4) is 0 Å². The average molecular weight is 470 g/mol. The van der Waals surface area contributed by atoms with Gasteiger partial charge in [-0.25, -0.2) is 4.98 Å². The molecule has 1 saturated heterocycles. The van der Waals surface area contributed by atoms with Gasteiger partial charge >= 0.3 is 0 Å². The lowest BCUT2D eigenvalue weighted by atomic mass is 9.65. The van der Waals surface area contributed by atoms with E-state index in [1.54, 1.807) is 24.3 Å². The second-order valence-electron chi connectivity index (χ2n) is 10.8. The van der Waals surface area contributed by atoms with Crippen LogP contribution in [-0.2, 0) is 0 Å². The Labute approximate surface area is 204 Å². The molecule has 2 heterocycles. The Balaban J connectivity index is 1.54. The molecule has 6 rings (SSSR count). The van der Waals surface area contributed by atoms with Crippen molar-refractivity contribution < 1.29 is 14.4 Å². The number of aromatic amines is 1. The Morgan fingerprint density at radius 2 is 1.57 bits per heavy atom. The molecule has 35 heavy (non-hydrogen) atoms. The van der Waals surface area contributed by atoms with E-state index in [0.717, 1.165) is 31.2 Å². The Morgan fingerprint density at radius 3 is 2.20 bits per heavy atom. The van der Waals surface area contributed by atoms with Gasteiger partial charge in [0.1, 0.15) is 0 Å². The number of hydrogen-bond acceptors (Lipinski definition) is 5. The van der Waals surface area contributed by atoms with Crippen molar-refractivity contribution in [3.05, 3.63) is 65.5 Å². The molecule has 1 saturated carbocycles. The van der Waals surface area contributed by atoms with E-state index in [1.807, 2.05) is 24.3 Å². The number of nitrogens with zero attached hydrogens (tertiary/aromatic N) is 1. The third-order valence-corrected chi connectivity index (χ3v) is 8.61. The quantitative estimate of drug-likeness (QED) is 0.414. The number of carbonyl (C=O) groups is 3. The molecule has 0 bridgehead atoms. The third kappa shape index (κ3) is 3.19. The van der Waals surface area contributed by atoms with E-state index in [-0.39, 0.29) is 47.0 Å². The molecule has 3 aliphatic rings. The van der Waals surface area contributed by atoms with Gasteiger partial charge < -0.3 is 4.98 Å². The van der Waals surface area contributed by atoms with Crippen molar-refractivity contribution in [3.63, 3.8) is 0 Å². The highest BCUT2D eigenvalue weighted by atomic mass is 16.2. The summed E-state index contributed by atoms with van der Waals surface area (Å²) in [6.45, 7) is 4.23. The molecule has 2 aromatic carbocycles. The molecule has 2 aliphatic carbocycles. The first-order chi connectivity index (χ1) is 16.9. The molecule has 6 nitrogen and oxygen atoms in total. The lowest BCUT2D eigenvalue weighted by molar-refractivity contribution is 0.0598. The minimum Gasteiger partial charge on any atom is -0.335 e. The topological polar surface area (TPSA) is 91.9 Å². The monoisotopic (exact) mass is 469 g/mol. The van der Waals surface area contributed by atoms with Gasteiger partial charge in [-0.1, -0.05) is 82.3 Å². The minimum atomic E-state index is -1.57. The second-order valence-corrected chi connectivity index (χ2v) is 10.8. The van der Waals surface area contributed by atoms with Crippen LogP contribution in [0.25, 0.3) is 11.0 Å². The maximum atomic E-state index is 14.4. The van der Waals surface area contributed by atoms with Gasteiger partial charge in [-0.15, -0.1) is 0 Å². The maximum absolute atomic E-state index is 14.4. The zero-order valence-corrected chi connectivity index (χ0v) is 20.2. The summed E-state index contributed by atoms with van der Waals surface area (Å²) < 4.78 is 0. The molecule has 2 N–H and O–H groups in total. The fourth-order valence-corrected chi connectivity index (χ4v) is 7.05. The van der Waals surface area contributed by atoms with Crippen LogP contribution in [0.3, 0.4) is 0 Å². The molecular formula is C29H31N3O3. The minimum absolute atomic E-state index is 0.112. The summed E-state index contributed by atoms with van der Waals surface area (Å²) in [4.78, 5) is 50.4. The molecule has 3 unspecified atom stereocenters. The van der Waals surface area contributed by atoms with Gasteiger partial charge in [0, 0.05) is 17.2 Å². The van der Waals surface area contributed by atoms with E-state index < -0.39 is 11.5 Å². The zero-order valence-electron chi connectivity index (χ0n) is 20.2.